The number of carbonyl (C=O) groups excluding carboxylic acids is 10. The van der Waals surface area contributed by atoms with Crippen LogP contribution < -0.4 is 48.3 Å². The summed E-state index contributed by atoms with van der Waals surface area (Å²) < 4.78 is 5.83. The highest BCUT2D eigenvalue weighted by molar-refractivity contribution is 5.99. The maximum Gasteiger partial charge on any atom is 0.329 e. The number of ether oxygens (including phenoxy) is 1. The summed E-state index contributed by atoms with van der Waals surface area (Å²) in [6, 6.07) is -12.2. The lowest BCUT2D eigenvalue weighted by Gasteiger charge is -2.29. The maximum absolute atomic E-state index is 13.8. The Morgan fingerprint density at radius 3 is 1.66 bits per heavy atom. The van der Waals surface area contributed by atoms with Gasteiger partial charge in [-0.3, -0.25) is 47.9 Å². The topological polar surface area (TPSA) is 420 Å². The zero-order valence-electron chi connectivity index (χ0n) is 41.1. The summed E-state index contributed by atoms with van der Waals surface area (Å²) in [5.74, 6) is -13.5. The standard InChI is InChI=1S/C45H77N9O17/c1-5-6-7-8-9-10-11-12-13-14-15-25(2)33-22-35(60)48-26(3)39(64)50-28(16-18-55)41(66)53-31(21-37(62)63)40(65)47-23-36(61)49-32(24-57)43(68)52-30(20-34(46)59)42(67)54-38(27(4)58)44(69)51-29(17-19-56)45(70)71-33/h25-33,38,55-58H,5-24H2,1-4H3,(H2,46,59)(H,47,65)(H,48,60)(H,49,61)(H,50,64)(H,51,69)(H,52,68)(H,53,66)(H,54,67)(H,62,63)/t25?,26-,27+,28-,29?,30?,31?,32?,33?,38-/m0/s1. The SMILES string of the molecule is CCCCCCCCCCCCC(C)C1CC(=O)N[C@@H](C)C(=O)N[C@@H](CCO)C(=O)NC(CC(=O)O)C(=O)NCC(=O)NC(CO)C(=O)NC(CC(N)=O)C(=O)N[C@@H]([C@@H](C)O)C(=O)NC(CCO)C(=O)O1. The van der Waals surface area contributed by atoms with Gasteiger partial charge in [0.1, 0.15) is 48.4 Å². The summed E-state index contributed by atoms with van der Waals surface area (Å²) >= 11 is 0. The van der Waals surface area contributed by atoms with Crippen LogP contribution in [0.2, 0.25) is 0 Å². The van der Waals surface area contributed by atoms with E-state index in [0.717, 1.165) is 45.4 Å². The Morgan fingerprint density at radius 2 is 1.13 bits per heavy atom. The van der Waals surface area contributed by atoms with E-state index in [2.05, 4.69) is 44.1 Å². The van der Waals surface area contributed by atoms with E-state index >= 15 is 0 Å². The third-order valence-electron chi connectivity index (χ3n) is 11.5. The van der Waals surface area contributed by atoms with E-state index in [4.69, 9.17) is 10.5 Å². The van der Waals surface area contributed by atoms with Crippen LogP contribution in [0.1, 0.15) is 130 Å². The highest BCUT2D eigenvalue weighted by Gasteiger charge is 2.37. The second-order valence-electron chi connectivity index (χ2n) is 17.7. The summed E-state index contributed by atoms with van der Waals surface area (Å²) in [4.78, 5) is 144. The molecule has 0 spiro atoms. The molecule has 0 aliphatic carbocycles. The molecule has 0 bridgehead atoms. The smallest absolute Gasteiger partial charge is 0.329 e. The van der Waals surface area contributed by atoms with Gasteiger partial charge in [-0.05, 0) is 32.6 Å². The highest BCUT2D eigenvalue weighted by Crippen LogP contribution is 2.21. The number of esters is 1. The van der Waals surface area contributed by atoms with Crippen molar-refractivity contribution in [2.24, 2.45) is 11.7 Å². The second kappa shape index (κ2) is 34.4. The van der Waals surface area contributed by atoms with Crippen LogP contribution in [0, 0.1) is 5.92 Å². The molecular weight excluding hydrogens is 939 g/mol. The number of amides is 9. The number of carbonyl (C=O) groups is 11. The Labute approximate surface area is 412 Å². The molecule has 0 saturated carbocycles. The molecule has 1 heterocycles. The predicted octanol–water partition coefficient (Wildman–Crippen LogP) is -3.73. The number of rotatable bonds is 22. The largest absolute Gasteiger partial charge is 0.481 e. The molecule has 9 amide bonds. The van der Waals surface area contributed by atoms with Gasteiger partial charge in [0.15, 0.2) is 0 Å². The van der Waals surface area contributed by atoms with Gasteiger partial charge in [-0.15, -0.1) is 0 Å². The van der Waals surface area contributed by atoms with Crippen molar-refractivity contribution in [2.45, 2.75) is 185 Å². The number of aliphatic hydroxyl groups is 4. The van der Waals surface area contributed by atoms with E-state index in [1.807, 2.05) is 5.32 Å². The Morgan fingerprint density at radius 1 is 0.620 bits per heavy atom. The van der Waals surface area contributed by atoms with Gasteiger partial charge in [0.05, 0.1) is 38.5 Å². The lowest BCUT2D eigenvalue weighted by Crippen LogP contribution is -2.61. The summed E-state index contributed by atoms with van der Waals surface area (Å²) in [5, 5.41) is 67.2. The molecule has 26 nitrogen and oxygen atoms in total. The van der Waals surface area contributed by atoms with Gasteiger partial charge in [0, 0.05) is 19.6 Å². The van der Waals surface area contributed by atoms with E-state index in [1.165, 1.54) is 26.2 Å². The number of hydrogen-bond acceptors (Lipinski definition) is 16. The molecular formula is C45H77N9O17. The normalized spacial score (nSPS) is 25.2. The molecule has 0 aromatic carbocycles. The number of aliphatic hydroxyl groups excluding tert-OH is 4. The Kier molecular flexibility index (Phi) is 30.5. The molecule has 1 saturated heterocycles. The summed E-state index contributed by atoms with van der Waals surface area (Å²) in [5.41, 5.74) is 5.30. The first-order valence-corrected chi connectivity index (χ1v) is 24.2. The van der Waals surface area contributed by atoms with Gasteiger partial charge in [0.25, 0.3) is 0 Å². The monoisotopic (exact) mass is 1020 g/mol. The first-order valence-electron chi connectivity index (χ1n) is 24.2. The lowest BCUT2D eigenvalue weighted by atomic mass is 9.94. The lowest BCUT2D eigenvalue weighted by molar-refractivity contribution is -0.158. The summed E-state index contributed by atoms with van der Waals surface area (Å²) in [6.07, 6.45) is 4.63. The van der Waals surface area contributed by atoms with Crippen LogP contribution in [0.4, 0.5) is 0 Å². The van der Waals surface area contributed by atoms with Crippen LogP contribution in [-0.4, -0.2) is 172 Å². The quantitative estimate of drug-likeness (QED) is 0.0366. The predicted molar refractivity (Wildman–Crippen MR) is 251 cm³/mol. The van der Waals surface area contributed by atoms with Crippen molar-refractivity contribution < 1.29 is 83.0 Å². The van der Waals surface area contributed by atoms with Gasteiger partial charge >= 0.3 is 11.9 Å². The van der Waals surface area contributed by atoms with E-state index < -0.39 is 184 Å². The zero-order chi connectivity index (χ0) is 53.6. The molecule has 1 fully saturated rings. The number of nitrogens with one attached hydrogen (secondary N) is 8. The number of aliphatic carboxylic acids is 1. The fraction of sp³-hybridized carbons (Fsp3) is 0.756. The minimum atomic E-state index is -1.91. The molecule has 6 unspecified atom stereocenters. The molecule has 10 atom stereocenters. The fourth-order valence-corrected chi connectivity index (χ4v) is 7.34. The highest BCUT2D eigenvalue weighted by atomic mass is 16.5. The molecule has 0 aromatic heterocycles. The van der Waals surface area contributed by atoms with Crippen LogP contribution in [0.15, 0.2) is 0 Å². The Bertz CT molecular complexity index is 1790. The number of carboxylic acids is 1. The number of carboxylic acid groups (broad SMARTS) is 1. The zero-order valence-corrected chi connectivity index (χ0v) is 41.1. The fourth-order valence-electron chi connectivity index (χ4n) is 7.34. The van der Waals surface area contributed by atoms with E-state index in [0.29, 0.717) is 12.8 Å². The van der Waals surface area contributed by atoms with Crippen LogP contribution in [0.5, 0.6) is 0 Å². The van der Waals surface area contributed by atoms with Crippen LogP contribution in [0.25, 0.3) is 0 Å². The molecule has 26 heteroatoms. The van der Waals surface area contributed by atoms with Crippen LogP contribution >= 0.6 is 0 Å². The third-order valence-corrected chi connectivity index (χ3v) is 11.5. The van der Waals surface area contributed by atoms with E-state index in [1.54, 1.807) is 6.92 Å². The molecule has 404 valence electrons. The van der Waals surface area contributed by atoms with Gasteiger partial charge in [-0.25, -0.2) is 4.79 Å². The van der Waals surface area contributed by atoms with Crippen molar-refractivity contribution in [1.29, 1.82) is 0 Å². The van der Waals surface area contributed by atoms with Gasteiger partial charge < -0.3 is 78.5 Å². The van der Waals surface area contributed by atoms with Crippen molar-refractivity contribution in [3.63, 3.8) is 0 Å². The number of nitrogens with two attached hydrogens (primary N) is 1. The first-order chi connectivity index (χ1) is 33.6. The van der Waals surface area contributed by atoms with Crippen molar-refractivity contribution in [2.75, 3.05) is 26.4 Å². The van der Waals surface area contributed by atoms with Crippen LogP contribution in [0.3, 0.4) is 0 Å². The molecule has 15 N–H and O–H groups in total. The minimum absolute atomic E-state index is 0.452. The third kappa shape index (κ3) is 25.1. The average molecular weight is 1020 g/mol. The van der Waals surface area contributed by atoms with Gasteiger partial charge in [0.2, 0.25) is 53.2 Å². The van der Waals surface area contributed by atoms with Gasteiger partial charge in [-0.1, -0.05) is 78.1 Å². The van der Waals surface area contributed by atoms with Crippen molar-refractivity contribution in [3.8, 4) is 0 Å². The average Bonchev–Trinajstić information content (AvgIpc) is 3.30. The number of cyclic esters (lactones) is 1. The molecule has 1 aliphatic heterocycles. The van der Waals surface area contributed by atoms with E-state index in [9.17, 15) is 78.3 Å². The second-order valence-corrected chi connectivity index (χ2v) is 17.7. The van der Waals surface area contributed by atoms with Crippen LogP contribution in [-0.2, 0) is 57.5 Å². The molecule has 1 aliphatic rings. The van der Waals surface area contributed by atoms with Crippen molar-refractivity contribution >= 4 is 65.1 Å². The minimum Gasteiger partial charge on any atom is -0.481 e. The number of hydrogen-bond donors (Lipinski definition) is 14. The molecule has 0 aromatic rings. The molecule has 71 heavy (non-hydrogen) atoms. The molecule has 1 rings (SSSR count). The van der Waals surface area contributed by atoms with Gasteiger partial charge in [-0.2, -0.15) is 0 Å². The molecule has 0 radical (unpaired) electrons. The number of unbranched alkanes of at least 4 members (excludes halogenated alkanes) is 9. The Balaban J connectivity index is 3.66. The van der Waals surface area contributed by atoms with Crippen molar-refractivity contribution in [1.82, 2.24) is 42.5 Å². The van der Waals surface area contributed by atoms with E-state index in [-0.39, 0.29) is 0 Å². The summed E-state index contributed by atoms with van der Waals surface area (Å²) in [7, 11) is 0. The Hall–Kier alpha value is -5.99. The number of primary amides is 1. The summed E-state index contributed by atoms with van der Waals surface area (Å²) in [6.45, 7) is 2.73. The van der Waals surface area contributed by atoms with Crippen molar-refractivity contribution in [3.05, 3.63) is 0 Å². The first kappa shape index (κ1) is 63.0. The maximum atomic E-state index is 13.8.